The van der Waals surface area contributed by atoms with Crippen LogP contribution in [-0.4, -0.2) is 65.1 Å². The number of guanidine groups is 1. The van der Waals surface area contributed by atoms with Crippen molar-refractivity contribution in [2.24, 2.45) is 23.9 Å². The van der Waals surface area contributed by atoms with Crippen molar-refractivity contribution in [3.63, 3.8) is 0 Å². The first-order valence-corrected chi connectivity index (χ1v) is 12.1. The third kappa shape index (κ3) is 7.09. The average Bonchev–Trinajstić information content (AvgIpc) is 3.46. The fraction of sp³-hybridized carbons (Fsp3) is 0.600. The Morgan fingerprint density at radius 1 is 1.09 bits per heavy atom. The number of aliphatic hydroxyl groups excluding tert-OH is 1. The Labute approximate surface area is 215 Å². The number of aromatic nitrogens is 2. The molecular formula is C25H39IN6O. The van der Waals surface area contributed by atoms with Crippen LogP contribution in [0.25, 0.3) is 0 Å². The van der Waals surface area contributed by atoms with Gasteiger partial charge < -0.3 is 20.2 Å². The monoisotopic (exact) mass is 566 g/mol. The molecule has 0 radical (unpaired) electrons. The van der Waals surface area contributed by atoms with Gasteiger partial charge in [-0.05, 0) is 67.7 Å². The molecule has 0 bridgehead atoms. The summed E-state index contributed by atoms with van der Waals surface area (Å²) in [6, 6.07) is 8.85. The minimum Gasteiger partial charge on any atom is -0.396 e. The van der Waals surface area contributed by atoms with E-state index in [1.807, 2.05) is 17.9 Å². The lowest BCUT2D eigenvalue weighted by Crippen LogP contribution is -2.40. The van der Waals surface area contributed by atoms with Crippen molar-refractivity contribution in [3.8, 4) is 0 Å². The highest BCUT2D eigenvalue weighted by atomic mass is 127. The molecule has 0 amide bonds. The highest BCUT2D eigenvalue weighted by Crippen LogP contribution is 2.24. The molecule has 0 aliphatic carbocycles. The molecule has 0 spiro atoms. The van der Waals surface area contributed by atoms with E-state index in [0.29, 0.717) is 25.0 Å². The summed E-state index contributed by atoms with van der Waals surface area (Å²) in [7, 11) is 1.98. The molecule has 1 aromatic carbocycles. The number of piperidine rings is 1. The predicted octanol–water partition coefficient (Wildman–Crippen LogP) is 3.28. The number of hydrogen-bond donors (Lipinski definition) is 2. The number of rotatable bonds is 7. The van der Waals surface area contributed by atoms with Gasteiger partial charge in [0.2, 0.25) is 0 Å². The van der Waals surface area contributed by atoms with E-state index in [1.165, 1.54) is 23.2 Å². The summed E-state index contributed by atoms with van der Waals surface area (Å²) < 4.78 is 1.88. The molecule has 7 nitrogen and oxygen atoms in total. The number of nitrogens with zero attached hydrogens (tertiary/aromatic N) is 5. The number of aliphatic hydroxyl groups is 1. The number of likely N-dealkylation sites (tertiary alicyclic amines) is 1. The van der Waals surface area contributed by atoms with Gasteiger partial charge in [0.25, 0.3) is 0 Å². The first-order chi connectivity index (χ1) is 15.6. The minimum atomic E-state index is 0. The molecule has 1 atom stereocenters. The summed E-state index contributed by atoms with van der Waals surface area (Å²) in [5.41, 5.74) is 3.83. The zero-order chi connectivity index (χ0) is 22.3. The number of hydrogen-bond acceptors (Lipinski definition) is 4. The molecule has 3 heterocycles. The molecule has 33 heavy (non-hydrogen) atoms. The molecule has 1 aromatic heterocycles. The van der Waals surface area contributed by atoms with Crippen LogP contribution in [0.2, 0.25) is 0 Å². The maximum absolute atomic E-state index is 9.34. The van der Waals surface area contributed by atoms with Crippen molar-refractivity contribution in [1.29, 1.82) is 0 Å². The molecule has 2 saturated heterocycles. The van der Waals surface area contributed by atoms with E-state index in [1.54, 1.807) is 0 Å². The first-order valence-electron chi connectivity index (χ1n) is 12.1. The van der Waals surface area contributed by atoms with Crippen molar-refractivity contribution in [1.82, 2.24) is 20.0 Å². The highest BCUT2D eigenvalue weighted by Gasteiger charge is 2.25. The molecule has 8 heteroatoms. The van der Waals surface area contributed by atoms with Gasteiger partial charge in [-0.3, -0.25) is 4.68 Å². The second-order valence-electron chi connectivity index (χ2n) is 9.28. The Bertz CT molecular complexity index is 875. The van der Waals surface area contributed by atoms with Crippen LogP contribution in [0.3, 0.4) is 0 Å². The lowest BCUT2D eigenvalue weighted by atomic mass is 9.97. The maximum atomic E-state index is 9.34. The molecule has 2 aliphatic rings. The van der Waals surface area contributed by atoms with E-state index in [9.17, 15) is 5.11 Å². The van der Waals surface area contributed by atoms with Crippen molar-refractivity contribution >= 4 is 35.6 Å². The molecule has 2 N–H and O–H groups in total. The minimum absolute atomic E-state index is 0. The van der Waals surface area contributed by atoms with Crippen LogP contribution in [0.5, 0.6) is 0 Å². The van der Waals surface area contributed by atoms with Gasteiger partial charge in [0, 0.05) is 58.3 Å². The Morgan fingerprint density at radius 2 is 1.82 bits per heavy atom. The largest absolute Gasteiger partial charge is 0.396 e. The topological polar surface area (TPSA) is 68.9 Å². The van der Waals surface area contributed by atoms with Gasteiger partial charge in [-0.1, -0.05) is 12.1 Å². The number of aryl methyl sites for hydroxylation is 1. The lowest BCUT2D eigenvalue weighted by Gasteiger charge is -2.32. The first kappa shape index (κ1) is 25.8. The summed E-state index contributed by atoms with van der Waals surface area (Å²) in [6.45, 7) is 8.19. The second-order valence-corrected chi connectivity index (χ2v) is 9.28. The van der Waals surface area contributed by atoms with Gasteiger partial charge in [-0.15, -0.1) is 24.0 Å². The third-order valence-corrected chi connectivity index (χ3v) is 6.79. The summed E-state index contributed by atoms with van der Waals surface area (Å²) in [6.07, 6.45) is 8.54. The van der Waals surface area contributed by atoms with E-state index in [-0.39, 0.29) is 24.0 Å². The maximum Gasteiger partial charge on any atom is 0.194 e. The van der Waals surface area contributed by atoms with Gasteiger partial charge in [0.05, 0.1) is 12.7 Å². The average molecular weight is 567 g/mol. The summed E-state index contributed by atoms with van der Waals surface area (Å²) in [4.78, 5) is 9.78. The smallest absolute Gasteiger partial charge is 0.194 e. The second kappa shape index (κ2) is 12.6. The van der Waals surface area contributed by atoms with Crippen LogP contribution in [-0.2, 0) is 20.0 Å². The number of nitrogens with one attached hydrogen (secondary N) is 1. The summed E-state index contributed by atoms with van der Waals surface area (Å²) >= 11 is 0. The van der Waals surface area contributed by atoms with Crippen LogP contribution in [0, 0.1) is 11.8 Å². The van der Waals surface area contributed by atoms with E-state index in [4.69, 9.17) is 4.99 Å². The summed E-state index contributed by atoms with van der Waals surface area (Å²) in [5.74, 6) is 2.15. The van der Waals surface area contributed by atoms with Gasteiger partial charge in [0.15, 0.2) is 5.96 Å². The van der Waals surface area contributed by atoms with Crippen molar-refractivity contribution in [3.05, 3.63) is 47.8 Å². The molecule has 1 unspecified atom stereocenters. The van der Waals surface area contributed by atoms with Gasteiger partial charge >= 0.3 is 0 Å². The zero-order valence-electron chi connectivity index (χ0n) is 20.0. The number of benzene rings is 1. The predicted molar refractivity (Wildman–Crippen MR) is 145 cm³/mol. The van der Waals surface area contributed by atoms with E-state index < -0.39 is 0 Å². The van der Waals surface area contributed by atoms with Crippen molar-refractivity contribution < 1.29 is 5.11 Å². The Morgan fingerprint density at radius 3 is 2.45 bits per heavy atom. The lowest BCUT2D eigenvalue weighted by molar-refractivity contribution is 0.203. The molecule has 182 valence electrons. The quantitative estimate of drug-likeness (QED) is 0.306. The van der Waals surface area contributed by atoms with Crippen LogP contribution in [0.4, 0.5) is 5.69 Å². The van der Waals surface area contributed by atoms with E-state index >= 15 is 0 Å². The summed E-state index contributed by atoms with van der Waals surface area (Å²) in [5, 5.41) is 17.1. The fourth-order valence-electron chi connectivity index (χ4n) is 4.88. The molecule has 2 fully saturated rings. The molecule has 2 aliphatic heterocycles. The third-order valence-electron chi connectivity index (χ3n) is 6.79. The van der Waals surface area contributed by atoms with Crippen molar-refractivity contribution in [2.45, 2.75) is 39.2 Å². The van der Waals surface area contributed by atoms with E-state index in [0.717, 1.165) is 57.9 Å². The number of anilines is 1. The van der Waals surface area contributed by atoms with Gasteiger partial charge in [0.1, 0.15) is 0 Å². The molecule has 0 saturated carbocycles. The normalized spacial score (nSPS) is 19.6. The molecule has 2 aromatic rings. The highest BCUT2D eigenvalue weighted by molar-refractivity contribution is 14.0. The van der Waals surface area contributed by atoms with Crippen molar-refractivity contribution in [2.75, 3.05) is 44.2 Å². The Kier molecular flexibility index (Phi) is 9.85. The number of aliphatic imine (C=N–C) groups is 1. The SMILES string of the molecule is CCNC(=NCc1ccc(N2CCC(CO)CC2)cc1)N1CCC(Cc2cnn(C)c2)C1.I. The molecule has 4 rings (SSSR count). The van der Waals surface area contributed by atoms with Crippen LogP contribution >= 0.6 is 24.0 Å². The van der Waals surface area contributed by atoms with Crippen LogP contribution in [0.15, 0.2) is 41.7 Å². The van der Waals surface area contributed by atoms with Gasteiger partial charge in [-0.25, -0.2) is 4.99 Å². The Balaban J connectivity index is 0.00000306. The zero-order valence-corrected chi connectivity index (χ0v) is 22.3. The number of halogens is 1. The van der Waals surface area contributed by atoms with Crippen LogP contribution in [0.1, 0.15) is 37.3 Å². The Hall–Kier alpha value is -1.81. The van der Waals surface area contributed by atoms with Crippen LogP contribution < -0.4 is 10.2 Å². The van der Waals surface area contributed by atoms with E-state index in [2.05, 4.69) is 57.6 Å². The molecular weight excluding hydrogens is 527 g/mol. The fourth-order valence-corrected chi connectivity index (χ4v) is 4.88. The standard InChI is InChI=1S/C25H38N6O.HI/c1-3-26-25(31-13-10-22(18-31)14-23-16-28-29(2)17-23)27-15-20-4-6-24(7-5-20)30-11-8-21(19-32)9-12-30;/h4-7,16-17,21-22,32H,3,8-15,18-19H2,1-2H3,(H,26,27);1H. The van der Waals surface area contributed by atoms with Gasteiger partial charge in [-0.2, -0.15) is 5.10 Å².